The molecule has 0 saturated heterocycles. The molecule has 1 aromatic heterocycles. The van der Waals surface area contributed by atoms with E-state index in [9.17, 15) is 4.79 Å². The Kier molecular flexibility index (Phi) is 4.04. The van der Waals surface area contributed by atoms with Crippen LogP contribution in [0.5, 0.6) is 5.75 Å². The zero-order chi connectivity index (χ0) is 14.0. The summed E-state index contributed by atoms with van der Waals surface area (Å²) in [5.41, 5.74) is 2.12. The molecule has 0 spiro atoms. The third kappa shape index (κ3) is 2.56. The lowest BCUT2D eigenvalue weighted by molar-refractivity contribution is 0.102. The predicted molar refractivity (Wildman–Crippen MR) is 76.8 cm³/mol. The van der Waals surface area contributed by atoms with E-state index in [1.807, 2.05) is 32.0 Å². The van der Waals surface area contributed by atoms with Gasteiger partial charge in [-0.2, -0.15) is 5.10 Å². The second-order valence-electron chi connectivity index (χ2n) is 4.19. The molecule has 0 aliphatic heterocycles. The van der Waals surface area contributed by atoms with E-state index < -0.39 is 0 Å². The maximum atomic E-state index is 12.7. The number of halogens is 1. The van der Waals surface area contributed by atoms with Gasteiger partial charge in [0.2, 0.25) is 5.78 Å². The van der Waals surface area contributed by atoms with E-state index >= 15 is 0 Å². The monoisotopic (exact) mass is 322 g/mol. The number of ether oxygens (including phenoxy) is 1. The summed E-state index contributed by atoms with van der Waals surface area (Å²) in [6.07, 6.45) is 1.64. The number of carbonyl (C=O) groups is 1. The van der Waals surface area contributed by atoms with Crippen LogP contribution in [0, 0.1) is 6.92 Å². The lowest BCUT2D eigenvalue weighted by Crippen LogP contribution is -2.12. The summed E-state index contributed by atoms with van der Waals surface area (Å²) < 4.78 is 7.64. The molecule has 100 valence electrons. The highest BCUT2D eigenvalue weighted by Crippen LogP contribution is 2.26. The van der Waals surface area contributed by atoms with Crippen LogP contribution in [0.1, 0.15) is 28.5 Å². The second kappa shape index (κ2) is 5.57. The summed E-state index contributed by atoms with van der Waals surface area (Å²) in [4.78, 5) is 12.7. The van der Waals surface area contributed by atoms with E-state index in [1.54, 1.807) is 18.0 Å². The van der Waals surface area contributed by atoms with Crippen LogP contribution in [0.25, 0.3) is 0 Å². The van der Waals surface area contributed by atoms with E-state index in [4.69, 9.17) is 4.74 Å². The van der Waals surface area contributed by atoms with Gasteiger partial charge in [-0.15, -0.1) is 0 Å². The number of rotatable bonds is 4. The Balaban J connectivity index is 2.55. The van der Waals surface area contributed by atoms with Gasteiger partial charge in [0.1, 0.15) is 11.4 Å². The van der Waals surface area contributed by atoms with Crippen LogP contribution in [0.3, 0.4) is 0 Å². The fraction of sp³-hybridized carbons (Fsp3) is 0.286. The first-order valence-electron chi connectivity index (χ1n) is 5.99. The molecule has 0 saturated carbocycles. The van der Waals surface area contributed by atoms with Crippen molar-refractivity contribution in [2.75, 3.05) is 7.11 Å². The van der Waals surface area contributed by atoms with Gasteiger partial charge in [-0.25, -0.2) is 0 Å². The van der Waals surface area contributed by atoms with Crippen LogP contribution in [0.4, 0.5) is 0 Å². The first-order valence-corrected chi connectivity index (χ1v) is 6.78. The number of methoxy groups -OCH3 is 1. The number of ketones is 1. The van der Waals surface area contributed by atoms with Gasteiger partial charge < -0.3 is 4.74 Å². The third-order valence-corrected chi connectivity index (χ3v) is 3.49. The lowest BCUT2D eigenvalue weighted by Gasteiger charge is -2.10. The van der Waals surface area contributed by atoms with Crippen LogP contribution in [-0.4, -0.2) is 22.7 Å². The summed E-state index contributed by atoms with van der Waals surface area (Å²) >= 11 is 3.38. The minimum Gasteiger partial charge on any atom is -0.496 e. The van der Waals surface area contributed by atoms with E-state index in [2.05, 4.69) is 21.0 Å². The molecule has 0 bridgehead atoms. The minimum atomic E-state index is -0.0909. The first kappa shape index (κ1) is 13.8. The molecule has 1 aromatic carbocycles. The summed E-state index contributed by atoms with van der Waals surface area (Å²) in [5.74, 6) is 0.484. The fourth-order valence-corrected chi connectivity index (χ4v) is 2.43. The van der Waals surface area contributed by atoms with E-state index in [-0.39, 0.29) is 5.78 Å². The number of hydrogen-bond donors (Lipinski definition) is 0. The number of benzene rings is 1. The molecule has 19 heavy (non-hydrogen) atoms. The molecule has 0 radical (unpaired) electrons. The molecule has 4 nitrogen and oxygen atoms in total. The third-order valence-electron chi connectivity index (χ3n) is 2.91. The van der Waals surface area contributed by atoms with Gasteiger partial charge in [-0.3, -0.25) is 9.48 Å². The molecule has 0 aliphatic rings. The molecule has 0 N–H and O–H groups in total. The van der Waals surface area contributed by atoms with Gasteiger partial charge in [0.05, 0.1) is 23.3 Å². The quantitative estimate of drug-likeness (QED) is 0.812. The average Bonchev–Trinajstić information content (AvgIpc) is 2.79. The highest BCUT2D eigenvalue weighted by atomic mass is 79.9. The van der Waals surface area contributed by atoms with Crippen LogP contribution >= 0.6 is 15.9 Å². The zero-order valence-corrected chi connectivity index (χ0v) is 12.7. The average molecular weight is 323 g/mol. The van der Waals surface area contributed by atoms with Crippen molar-refractivity contribution in [1.82, 2.24) is 9.78 Å². The Labute approximate surface area is 120 Å². The van der Waals surface area contributed by atoms with Crippen molar-refractivity contribution in [2.45, 2.75) is 20.4 Å². The van der Waals surface area contributed by atoms with Gasteiger partial charge in [0.15, 0.2) is 0 Å². The fourth-order valence-electron chi connectivity index (χ4n) is 1.95. The van der Waals surface area contributed by atoms with Gasteiger partial charge >= 0.3 is 0 Å². The first-order chi connectivity index (χ1) is 9.08. The number of nitrogens with zero attached hydrogens (tertiary/aromatic N) is 2. The SMILES string of the molecule is CCn1ncc(Br)c1C(=O)c1cc(C)ccc1OC. The Bertz CT molecular complexity index is 620. The standard InChI is InChI=1S/C14H15BrN2O2/c1-4-17-13(11(15)8-16-17)14(18)10-7-9(2)5-6-12(10)19-3/h5-8H,4H2,1-3H3. The van der Waals surface area contributed by atoms with Crippen LogP contribution in [-0.2, 0) is 6.54 Å². The van der Waals surface area contributed by atoms with Crippen LogP contribution in [0.15, 0.2) is 28.9 Å². The molecular formula is C14H15BrN2O2. The maximum absolute atomic E-state index is 12.7. The van der Waals surface area contributed by atoms with Crippen LogP contribution in [0.2, 0.25) is 0 Å². The lowest BCUT2D eigenvalue weighted by atomic mass is 10.0. The van der Waals surface area contributed by atoms with Crippen molar-refractivity contribution in [3.63, 3.8) is 0 Å². The number of aromatic nitrogens is 2. The normalized spacial score (nSPS) is 10.5. The van der Waals surface area contributed by atoms with Gasteiger partial charge in [0.25, 0.3) is 0 Å². The molecule has 0 aliphatic carbocycles. The molecule has 5 heteroatoms. The Morgan fingerprint density at radius 2 is 2.21 bits per heavy atom. The summed E-state index contributed by atoms with van der Waals surface area (Å²) in [5, 5.41) is 4.17. The van der Waals surface area contributed by atoms with Crippen molar-refractivity contribution in [1.29, 1.82) is 0 Å². The molecule has 0 fully saturated rings. The smallest absolute Gasteiger partial charge is 0.215 e. The predicted octanol–water partition coefficient (Wildman–Crippen LogP) is 3.21. The molecule has 0 amide bonds. The van der Waals surface area contributed by atoms with Gasteiger partial charge in [-0.05, 0) is 41.9 Å². The van der Waals surface area contributed by atoms with Gasteiger partial charge in [0, 0.05) is 6.54 Å². The molecule has 0 unspecified atom stereocenters. The molecule has 2 rings (SSSR count). The largest absolute Gasteiger partial charge is 0.496 e. The zero-order valence-electron chi connectivity index (χ0n) is 11.1. The van der Waals surface area contributed by atoms with E-state index in [0.29, 0.717) is 28.0 Å². The van der Waals surface area contributed by atoms with Gasteiger partial charge in [-0.1, -0.05) is 11.6 Å². The highest BCUT2D eigenvalue weighted by Gasteiger charge is 2.21. The van der Waals surface area contributed by atoms with E-state index in [0.717, 1.165) is 5.56 Å². The van der Waals surface area contributed by atoms with E-state index in [1.165, 1.54) is 0 Å². The Morgan fingerprint density at radius 3 is 2.84 bits per heavy atom. The van der Waals surface area contributed by atoms with Crippen molar-refractivity contribution in [3.8, 4) is 5.75 Å². The summed E-state index contributed by atoms with van der Waals surface area (Å²) in [6, 6.07) is 5.56. The summed E-state index contributed by atoms with van der Waals surface area (Å²) in [7, 11) is 1.56. The van der Waals surface area contributed by atoms with Crippen molar-refractivity contribution < 1.29 is 9.53 Å². The molecule has 0 atom stereocenters. The molecular weight excluding hydrogens is 308 g/mol. The number of aryl methyl sites for hydroxylation is 2. The summed E-state index contributed by atoms with van der Waals surface area (Å²) in [6.45, 7) is 4.53. The Morgan fingerprint density at radius 1 is 1.47 bits per heavy atom. The van der Waals surface area contributed by atoms with Crippen molar-refractivity contribution in [2.24, 2.45) is 0 Å². The molecule has 2 aromatic rings. The van der Waals surface area contributed by atoms with Crippen LogP contribution < -0.4 is 4.74 Å². The molecule has 1 heterocycles. The van der Waals surface area contributed by atoms with Crippen molar-refractivity contribution >= 4 is 21.7 Å². The maximum Gasteiger partial charge on any atom is 0.215 e. The highest BCUT2D eigenvalue weighted by molar-refractivity contribution is 9.10. The topological polar surface area (TPSA) is 44.1 Å². The Hall–Kier alpha value is -1.62. The number of hydrogen-bond acceptors (Lipinski definition) is 3. The minimum absolute atomic E-state index is 0.0909. The second-order valence-corrected chi connectivity index (χ2v) is 5.04. The van der Waals surface area contributed by atoms with Crippen molar-refractivity contribution in [3.05, 3.63) is 45.7 Å². The number of carbonyl (C=O) groups excluding carboxylic acids is 1.